The fourth-order valence-electron chi connectivity index (χ4n) is 1.97. The van der Waals surface area contributed by atoms with Crippen LogP contribution in [0.2, 0.25) is 0 Å². The van der Waals surface area contributed by atoms with Crippen LogP contribution in [0, 0.1) is 17.1 Å². The lowest BCUT2D eigenvalue weighted by molar-refractivity contribution is -0.155. The van der Waals surface area contributed by atoms with Crippen LogP contribution in [-0.2, 0) is 14.9 Å². The molecule has 1 rings (SSSR count). The number of rotatable bonds is 4. The highest BCUT2D eigenvalue weighted by atomic mass is 19.1. The number of nitrogens with zero attached hydrogens (tertiary/aromatic N) is 1. The van der Waals surface area contributed by atoms with Gasteiger partial charge < -0.3 is 9.47 Å². The lowest BCUT2D eigenvalue weighted by atomic mass is 9.80. The van der Waals surface area contributed by atoms with Gasteiger partial charge in [0.25, 0.3) is 0 Å². The number of esters is 1. The number of hydrogen-bond donors (Lipinski definition) is 0. The second kappa shape index (κ2) is 6.13. The van der Waals surface area contributed by atoms with Crippen LogP contribution in [-0.4, -0.2) is 18.7 Å². The van der Waals surface area contributed by atoms with E-state index in [1.807, 2.05) is 0 Å². The summed E-state index contributed by atoms with van der Waals surface area (Å²) in [4.78, 5) is 12.0. The molecule has 0 spiro atoms. The second-order valence-electron chi connectivity index (χ2n) is 6.05. The summed E-state index contributed by atoms with van der Waals surface area (Å²) in [5.74, 6) is -0.640. The summed E-state index contributed by atoms with van der Waals surface area (Å²) in [6, 6.07) is 5.96. The molecule has 0 N–H and O–H groups in total. The van der Waals surface area contributed by atoms with Gasteiger partial charge in [-0.05, 0) is 45.9 Å². The first-order chi connectivity index (χ1) is 9.61. The predicted octanol–water partition coefficient (Wildman–Crippen LogP) is 3.35. The van der Waals surface area contributed by atoms with Gasteiger partial charge in [-0.2, -0.15) is 5.26 Å². The quantitative estimate of drug-likeness (QED) is 0.799. The van der Waals surface area contributed by atoms with E-state index in [2.05, 4.69) is 6.07 Å². The summed E-state index contributed by atoms with van der Waals surface area (Å²) in [6.07, 6.45) is -0.180. The molecule has 1 aromatic carbocycles. The van der Waals surface area contributed by atoms with E-state index in [4.69, 9.17) is 9.47 Å². The molecule has 0 saturated heterocycles. The number of carbonyl (C=O) groups excluding carboxylic acids is 1. The summed E-state index contributed by atoms with van der Waals surface area (Å²) in [7, 11) is 1.43. The smallest absolute Gasteiger partial charge is 0.308 e. The Morgan fingerprint density at radius 2 is 1.95 bits per heavy atom. The fourth-order valence-corrected chi connectivity index (χ4v) is 1.97. The highest BCUT2D eigenvalue weighted by Crippen LogP contribution is 2.35. The molecule has 0 heterocycles. The molecule has 1 atom stereocenters. The molecule has 0 saturated carbocycles. The summed E-state index contributed by atoms with van der Waals surface area (Å²) in [6.45, 7) is 6.81. The lowest BCUT2D eigenvalue weighted by Gasteiger charge is -2.26. The molecule has 0 aliphatic rings. The standard InChI is InChI=1S/C16H20FNO3/c1-15(2,3)21-14(19)9-16(4,10-18)12-8-11(17)6-7-13(12)20-5/h6-8H,9H2,1-5H3. The Morgan fingerprint density at radius 1 is 1.33 bits per heavy atom. The molecule has 5 heteroatoms. The zero-order chi connectivity index (χ0) is 16.3. The minimum atomic E-state index is -1.23. The van der Waals surface area contributed by atoms with Crippen molar-refractivity contribution in [2.24, 2.45) is 0 Å². The molecule has 0 fully saturated rings. The van der Waals surface area contributed by atoms with Gasteiger partial charge in [0.05, 0.1) is 25.0 Å². The van der Waals surface area contributed by atoms with Gasteiger partial charge in [0, 0.05) is 5.56 Å². The van der Waals surface area contributed by atoms with E-state index in [9.17, 15) is 14.4 Å². The van der Waals surface area contributed by atoms with E-state index in [-0.39, 0.29) is 6.42 Å². The highest BCUT2D eigenvalue weighted by Gasteiger charge is 2.35. The van der Waals surface area contributed by atoms with Crippen molar-refractivity contribution >= 4 is 5.97 Å². The average Bonchev–Trinajstić information content (AvgIpc) is 2.36. The van der Waals surface area contributed by atoms with E-state index in [1.54, 1.807) is 27.7 Å². The Kier molecular flexibility index (Phi) is 4.95. The van der Waals surface area contributed by atoms with Crippen LogP contribution in [0.3, 0.4) is 0 Å². The number of benzene rings is 1. The van der Waals surface area contributed by atoms with Crippen LogP contribution in [0.5, 0.6) is 5.75 Å². The van der Waals surface area contributed by atoms with Crippen molar-refractivity contribution in [2.45, 2.75) is 45.1 Å². The molecule has 114 valence electrons. The van der Waals surface area contributed by atoms with Crippen molar-refractivity contribution in [1.82, 2.24) is 0 Å². The molecule has 0 radical (unpaired) electrons. The Labute approximate surface area is 124 Å². The molecule has 0 aliphatic carbocycles. The fraction of sp³-hybridized carbons (Fsp3) is 0.500. The predicted molar refractivity (Wildman–Crippen MR) is 76.4 cm³/mol. The maximum absolute atomic E-state index is 13.5. The van der Waals surface area contributed by atoms with Crippen LogP contribution in [0.4, 0.5) is 4.39 Å². The van der Waals surface area contributed by atoms with Crippen molar-refractivity contribution in [3.8, 4) is 11.8 Å². The minimum absolute atomic E-state index is 0.180. The Balaban J connectivity index is 3.14. The summed E-state index contributed by atoms with van der Waals surface area (Å²) >= 11 is 0. The van der Waals surface area contributed by atoms with Crippen LogP contribution in [0.15, 0.2) is 18.2 Å². The zero-order valence-electron chi connectivity index (χ0n) is 13.0. The van der Waals surface area contributed by atoms with Crippen molar-refractivity contribution in [2.75, 3.05) is 7.11 Å². The second-order valence-corrected chi connectivity index (χ2v) is 6.05. The third-order valence-electron chi connectivity index (χ3n) is 2.92. The molecule has 0 bridgehead atoms. The number of hydrogen-bond acceptors (Lipinski definition) is 4. The minimum Gasteiger partial charge on any atom is -0.496 e. The topological polar surface area (TPSA) is 59.3 Å². The van der Waals surface area contributed by atoms with Crippen LogP contribution in [0.1, 0.15) is 39.7 Å². The number of methoxy groups -OCH3 is 1. The first-order valence-electron chi connectivity index (χ1n) is 6.58. The van der Waals surface area contributed by atoms with Gasteiger partial charge in [0.1, 0.15) is 17.2 Å². The molecule has 1 aromatic rings. The van der Waals surface area contributed by atoms with Gasteiger partial charge in [-0.3, -0.25) is 4.79 Å². The maximum Gasteiger partial charge on any atom is 0.308 e. The molecule has 21 heavy (non-hydrogen) atoms. The molecule has 0 aromatic heterocycles. The molecular formula is C16H20FNO3. The van der Waals surface area contributed by atoms with Crippen LogP contribution >= 0.6 is 0 Å². The zero-order valence-corrected chi connectivity index (χ0v) is 13.0. The van der Waals surface area contributed by atoms with Crippen molar-refractivity contribution in [1.29, 1.82) is 5.26 Å². The summed E-state index contributed by atoms with van der Waals surface area (Å²) in [5, 5.41) is 9.46. The Bertz CT molecular complexity index is 572. The van der Waals surface area contributed by atoms with E-state index in [0.717, 1.165) is 0 Å². The number of nitriles is 1. The van der Waals surface area contributed by atoms with E-state index in [0.29, 0.717) is 11.3 Å². The molecule has 0 amide bonds. The van der Waals surface area contributed by atoms with Crippen LogP contribution < -0.4 is 4.74 Å². The van der Waals surface area contributed by atoms with E-state index < -0.39 is 22.8 Å². The highest BCUT2D eigenvalue weighted by molar-refractivity contribution is 5.73. The van der Waals surface area contributed by atoms with Gasteiger partial charge in [-0.1, -0.05) is 0 Å². The first-order valence-corrected chi connectivity index (χ1v) is 6.58. The van der Waals surface area contributed by atoms with E-state index in [1.165, 1.54) is 25.3 Å². The molecule has 0 aliphatic heterocycles. The number of ether oxygens (including phenoxy) is 2. The SMILES string of the molecule is COc1ccc(F)cc1C(C)(C#N)CC(=O)OC(C)(C)C. The molecule has 1 unspecified atom stereocenters. The summed E-state index contributed by atoms with van der Waals surface area (Å²) < 4.78 is 23.9. The number of carbonyl (C=O) groups is 1. The molecule has 4 nitrogen and oxygen atoms in total. The summed E-state index contributed by atoms with van der Waals surface area (Å²) in [5.41, 5.74) is -1.53. The van der Waals surface area contributed by atoms with Crippen molar-refractivity contribution in [3.05, 3.63) is 29.6 Å². The first kappa shape index (κ1) is 17.0. The van der Waals surface area contributed by atoms with Gasteiger partial charge in [0.15, 0.2) is 0 Å². The van der Waals surface area contributed by atoms with Gasteiger partial charge in [-0.15, -0.1) is 0 Å². The van der Waals surface area contributed by atoms with E-state index >= 15 is 0 Å². The van der Waals surface area contributed by atoms with Gasteiger partial charge >= 0.3 is 5.97 Å². The number of halogens is 1. The monoisotopic (exact) mass is 293 g/mol. The maximum atomic E-state index is 13.5. The normalized spacial score (nSPS) is 14.0. The lowest BCUT2D eigenvalue weighted by Crippen LogP contribution is -2.30. The average molecular weight is 293 g/mol. The third-order valence-corrected chi connectivity index (χ3v) is 2.92. The van der Waals surface area contributed by atoms with Crippen molar-refractivity contribution < 1.29 is 18.7 Å². The molecular weight excluding hydrogens is 273 g/mol. The van der Waals surface area contributed by atoms with Gasteiger partial charge in [0.2, 0.25) is 0 Å². The van der Waals surface area contributed by atoms with Crippen LogP contribution in [0.25, 0.3) is 0 Å². The van der Waals surface area contributed by atoms with Gasteiger partial charge in [-0.25, -0.2) is 4.39 Å². The third kappa shape index (κ3) is 4.45. The largest absolute Gasteiger partial charge is 0.496 e. The van der Waals surface area contributed by atoms with Crippen molar-refractivity contribution in [3.63, 3.8) is 0 Å². The Hall–Kier alpha value is -2.09. The Morgan fingerprint density at radius 3 is 2.43 bits per heavy atom.